The lowest BCUT2D eigenvalue weighted by Gasteiger charge is -2.51. The first-order chi connectivity index (χ1) is 27.1. The second-order valence-electron chi connectivity index (χ2n) is 17.4. The monoisotopic (exact) mass is 748 g/mol. The lowest BCUT2D eigenvalue weighted by molar-refractivity contribution is 0.0797. The van der Waals surface area contributed by atoms with Gasteiger partial charge in [-0.05, 0) is 84.9 Å². The van der Waals surface area contributed by atoms with Crippen LogP contribution in [0.2, 0.25) is 0 Å². The number of thiazole rings is 1. The van der Waals surface area contributed by atoms with E-state index >= 15 is 0 Å². The highest BCUT2D eigenvalue weighted by atomic mass is 32.1. The number of anilines is 3. The second kappa shape index (κ2) is 15.0. The van der Waals surface area contributed by atoms with E-state index in [-0.39, 0.29) is 0 Å². The topological polar surface area (TPSA) is 33.5 Å². The quantitative estimate of drug-likeness (QED) is 0.155. The number of ether oxygens (including phenoxy) is 1. The molecule has 10 rings (SSSR count). The van der Waals surface area contributed by atoms with Gasteiger partial charge in [-0.15, -0.1) is 11.3 Å². The third-order valence-electron chi connectivity index (χ3n) is 13.9. The van der Waals surface area contributed by atoms with Gasteiger partial charge in [0.05, 0.1) is 29.1 Å². The molecule has 6 heteroatoms. The lowest BCUT2D eigenvalue weighted by Crippen LogP contribution is -2.53. The zero-order chi connectivity index (χ0) is 36.9. The molecule has 4 aliphatic rings. The summed E-state index contributed by atoms with van der Waals surface area (Å²) in [6.07, 6.45) is 20.6. The van der Waals surface area contributed by atoms with Crippen molar-refractivity contribution in [2.24, 2.45) is 23.7 Å². The SMILES string of the molecule is CC(C)c1cnc(-n2c3ccccc3c3ccc(Oc4cccc(N5CN(C6C(C7CCCCC7)CCCC6C6CCCCC6)c6ccccc65)c4)cc32)s1. The summed E-state index contributed by atoms with van der Waals surface area (Å²) in [4.78, 5) is 11.7. The maximum Gasteiger partial charge on any atom is 0.194 e. The summed E-state index contributed by atoms with van der Waals surface area (Å²) in [7, 11) is 0. The van der Waals surface area contributed by atoms with Crippen molar-refractivity contribution in [3.63, 3.8) is 0 Å². The van der Waals surface area contributed by atoms with Crippen LogP contribution in [-0.2, 0) is 0 Å². The predicted molar refractivity (Wildman–Crippen MR) is 231 cm³/mol. The van der Waals surface area contributed by atoms with Crippen molar-refractivity contribution in [1.29, 1.82) is 0 Å². The highest BCUT2D eigenvalue weighted by molar-refractivity contribution is 7.14. The van der Waals surface area contributed by atoms with Crippen LogP contribution in [0.25, 0.3) is 26.9 Å². The Morgan fingerprint density at radius 2 is 1.31 bits per heavy atom. The summed E-state index contributed by atoms with van der Waals surface area (Å²) in [5.41, 5.74) is 6.27. The third-order valence-corrected chi connectivity index (χ3v) is 15.2. The number of fused-ring (bicyclic) bond motifs is 4. The van der Waals surface area contributed by atoms with Crippen molar-refractivity contribution >= 4 is 50.2 Å². The van der Waals surface area contributed by atoms with Gasteiger partial charge in [0.25, 0.3) is 0 Å². The maximum atomic E-state index is 6.77. The largest absolute Gasteiger partial charge is 0.457 e. The minimum Gasteiger partial charge on any atom is -0.457 e. The van der Waals surface area contributed by atoms with Crippen LogP contribution in [0, 0.1) is 23.7 Å². The zero-order valence-corrected chi connectivity index (χ0v) is 33.5. The Labute approximate surface area is 331 Å². The fourth-order valence-corrected chi connectivity index (χ4v) is 12.2. The average molecular weight is 749 g/mol. The first kappa shape index (κ1) is 35.1. The van der Waals surface area contributed by atoms with Crippen LogP contribution < -0.4 is 14.5 Å². The molecular weight excluding hydrogens is 693 g/mol. The zero-order valence-electron chi connectivity index (χ0n) is 32.7. The normalized spacial score (nSPS) is 22.6. The number of rotatable bonds is 8. The van der Waals surface area contributed by atoms with Gasteiger partial charge in [-0.3, -0.25) is 4.57 Å². The summed E-state index contributed by atoms with van der Waals surface area (Å²) < 4.78 is 9.08. The van der Waals surface area contributed by atoms with E-state index in [4.69, 9.17) is 9.72 Å². The predicted octanol–water partition coefficient (Wildman–Crippen LogP) is 14.0. The van der Waals surface area contributed by atoms with Crippen molar-refractivity contribution in [2.45, 2.75) is 109 Å². The Morgan fingerprint density at radius 1 is 0.636 bits per heavy atom. The Morgan fingerprint density at radius 3 is 2.04 bits per heavy atom. The van der Waals surface area contributed by atoms with Gasteiger partial charge in [0.15, 0.2) is 5.13 Å². The molecule has 2 atom stereocenters. The molecule has 3 saturated carbocycles. The molecule has 4 aromatic carbocycles. The first-order valence-corrected chi connectivity index (χ1v) is 22.3. The van der Waals surface area contributed by atoms with E-state index in [1.54, 1.807) is 11.3 Å². The van der Waals surface area contributed by atoms with E-state index in [0.29, 0.717) is 12.0 Å². The number of hydrogen-bond donors (Lipinski definition) is 0. The summed E-state index contributed by atoms with van der Waals surface area (Å²) in [6, 6.07) is 33.9. The molecule has 5 nitrogen and oxygen atoms in total. The van der Waals surface area contributed by atoms with Crippen molar-refractivity contribution < 1.29 is 4.74 Å². The molecule has 2 unspecified atom stereocenters. The van der Waals surface area contributed by atoms with Crippen LogP contribution in [0.3, 0.4) is 0 Å². The molecule has 3 aliphatic carbocycles. The molecule has 2 aromatic heterocycles. The van der Waals surface area contributed by atoms with Gasteiger partial charge in [0.1, 0.15) is 11.5 Å². The molecule has 0 amide bonds. The highest BCUT2D eigenvalue weighted by Gasteiger charge is 2.46. The van der Waals surface area contributed by atoms with Crippen LogP contribution in [0.1, 0.15) is 108 Å². The van der Waals surface area contributed by atoms with Crippen molar-refractivity contribution in [3.8, 4) is 16.6 Å². The molecule has 55 heavy (non-hydrogen) atoms. The summed E-state index contributed by atoms with van der Waals surface area (Å²) >= 11 is 1.78. The lowest BCUT2D eigenvalue weighted by atomic mass is 9.62. The number of hydrogen-bond acceptors (Lipinski definition) is 5. The smallest absolute Gasteiger partial charge is 0.194 e. The molecule has 0 bridgehead atoms. The molecule has 0 spiro atoms. The van der Waals surface area contributed by atoms with Gasteiger partial charge in [-0.25, -0.2) is 4.98 Å². The van der Waals surface area contributed by atoms with Crippen LogP contribution in [-0.4, -0.2) is 22.3 Å². The highest BCUT2D eigenvalue weighted by Crippen LogP contribution is 2.52. The Balaban J connectivity index is 0.977. The van der Waals surface area contributed by atoms with E-state index in [9.17, 15) is 0 Å². The van der Waals surface area contributed by atoms with Crippen LogP contribution in [0.4, 0.5) is 17.1 Å². The summed E-state index contributed by atoms with van der Waals surface area (Å²) in [6.45, 7) is 5.39. The van der Waals surface area contributed by atoms with E-state index in [1.807, 2.05) is 6.20 Å². The molecule has 3 fully saturated rings. The number of benzene rings is 4. The standard InChI is InChI=1S/C49H56N4OS/c1-33(2)47-31-50-49(55-47)53-43-24-10-9-21-41(43)42-28-27-38(30-46(42)53)54-37-20-13-19-36(29-37)51-32-52(45-26-12-11-25-44(45)51)48-39(34-15-5-3-6-16-34)22-14-23-40(48)35-17-7-4-8-18-35/h9-13,19-21,24-31,33-35,39-40,48H,3-8,14-18,22-23,32H2,1-2H3. The van der Waals surface area contributed by atoms with E-state index in [1.165, 1.54) is 122 Å². The summed E-state index contributed by atoms with van der Waals surface area (Å²) in [5, 5.41) is 3.45. The van der Waals surface area contributed by atoms with E-state index in [0.717, 1.165) is 52.5 Å². The average Bonchev–Trinajstić information content (AvgIpc) is 3.96. The molecule has 0 saturated heterocycles. The Bertz CT molecular complexity index is 2250. The molecule has 0 radical (unpaired) electrons. The fraction of sp³-hybridized carbons (Fsp3) is 0.449. The number of nitrogens with zero attached hydrogens (tertiary/aromatic N) is 4. The molecule has 3 heterocycles. The maximum absolute atomic E-state index is 6.77. The van der Waals surface area contributed by atoms with Crippen molar-refractivity contribution in [1.82, 2.24) is 9.55 Å². The first-order valence-electron chi connectivity index (χ1n) is 21.5. The number of para-hydroxylation sites is 3. The van der Waals surface area contributed by atoms with E-state index in [2.05, 4.69) is 119 Å². The van der Waals surface area contributed by atoms with Crippen LogP contribution in [0.5, 0.6) is 11.5 Å². The fourth-order valence-electron chi connectivity index (χ4n) is 11.3. The van der Waals surface area contributed by atoms with Crippen LogP contribution >= 0.6 is 11.3 Å². The van der Waals surface area contributed by atoms with Gasteiger partial charge in [-0.2, -0.15) is 0 Å². The van der Waals surface area contributed by atoms with Gasteiger partial charge in [0.2, 0.25) is 0 Å². The van der Waals surface area contributed by atoms with Gasteiger partial charge >= 0.3 is 0 Å². The van der Waals surface area contributed by atoms with Gasteiger partial charge < -0.3 is 14.5 Å². The second-order valence-corrected chi connectivity index (χ2v) is 18.4. The minimum atomic E-state index is 0.444. The number of aromatic nitrogens is 2. The Kier molecular flexibility index (Phi) is 9.58. The molecule has 284 valence electrons. The van der Waals surface area contributed by atoms with Gasteiger partial charge in [0, 0.05) is 45.7 Å². The van der Waals surface area contributed by atoms with E-state index < -0.39 is 0 Å². The summed E-state index contributed by atoms with van der Waals surface area (Å²) in [5.74, 6) is 5.51. The van der Waals surface area contributed by atoms with Crippen molar-refractivity contribution in [2.75, 3.05) is 16.5 Å². The van der Waals surface area contributed by atoms with Crippen LogP contribution in [0.15, 0.2) is 97.2 Å². The van der Waals surface area contributed by atoms with Gasteiger partial charge in [-0.1, -0.05) is 121 Å². The molecule has 0 N–H and O–H groups in total. The Hall–Kier alpha value is -4.29. The third kappa shape index (κ3) is 6.52. The molecule has 1 aliphatic heterocycles. The molecule has 6 aromatic rings. The minimum absolute atomic E-state index is 0.444. The molecular formula is C49H56N4OS. The van der Waals surface area contributed by atoms with Crippen molar-refractivity contribution in [3.05, 3.63) is 102 Å².